The predicted molar refractivity (Wildman–Crippen MR) is 113 cm³/mol. The molecule has 5 rings (SSSR count). The Labute approximate surface area is 169 Å². The molecule has 2 N–H and O–H groups in total. The van der Waals surface area contributed by atoms with Gasteiger partial charge >= 0.3 is 0 Å². The summed E-state index contributed by atoms with van der Waals surface area (Å²) in [6, 6.07) is 9.95. The second-order valence-electron chi connectivity index (χ2n) is 7.84. The molecule has 29 heavy (non-hydrogen) atoms. The molecule has 1 aromatic carbocycles. The fourth-order valence-corrected chi connectivity index (χ4v) is 4.98. The van der Waals surface area contributed by atoms with Crippen molar-refractivity contribution >= 4 is 22.9 Å². The van der Waals surface area contributed by atoms with E-state index in [9.17, 15) is 4.79 Å². The summed E-state index contributed by atoms with van der Waals surface area (Å²) < 4.78 is 5.47. The molecule has 0 spiro atoms. The molecular weight excluding hydrogens is 364 g/mol. The molecule has 3 aromatic rings. The third kappa shape index (κ3) is 2.78. The van der Waals surface area contributed by atoms with Crippen LogP contribution in [0.4, 0.5) is 5.69 Å². The number of hydrogen-bond acceptors (Lipinski definition) is 6. The monoisotopic (exact) mass is 388 g/mol. The first-order valence-corrected chi connectivity index (χ1v) is 10.1. The largest absolute Gasteiger partial charge is 0.481 e. The summed E-state index contributed by atoms with van der Waals surface area (Å²) in [5.41, 5.74) is 11.7. The van der Waals surface area contributed by atoms with Gasteiger partial charge < -0.3 is 15.3 Å². The van der Waals surface area contributed by atoms with E-state index >= 15 is 0 Å². The van der Waals surface area contributed by atoms with E-state index in [2.05, 4.69) is 9.88 Å². The number of ether oxygens (including phenoxy) is 1. The van der Waals surface area contributed by atoms with E-state index in [0.29, 0.717) is 24.2 Å². The van der Waals surface area contributed by atoms with E-state index in [0.717, 1.165) is 52.4 Å². The zero-order chi connectivity index (χ0) is 20.0. The fraction of sp³-hybridized carbons (Fsp3) is 0.348. The lowest BCUT2D eigenvalue weighted by Gasteiger charge is -2.27. The topological polar surface area (TPSA) is 81.3 Å². The van der Waals surface area contributed by atoms with Gasteiger partial charge in [0, 0.05) is 46.5 Å². The normalized spacial score (nSPS) is 19.6. The maximum absolute atomic E-state index is 12.0. The molecule has 3 heterocycles. The van der Waals surface area contributed by atoms with E-state index in [-0.39, 0.29) is 6.04 Å². The van der Waals surface area contributed by atoms with Crippen LogP contribution in [0.15, 0.2) is 36.5 Å². The summed E-state index contributed by atoms with van der Waals surface area (Å²) in [6.07, 6.45) is 7.45. The predicted octanol–water partition coefficient (Wildman–Crippen LogP) is 3.89. The molecule has 0 radical (unpaired) electrons. The first kappa shape index (κ1) is 18.1. The maximum atomic E-state index is 12.0. The van der Waals surface area contributed by atoms with Crippen molar-refractivity contribution in [3.05, 3.63) is 47.8 Å². The maximum Gasteiger partial charge on any atom is 0.221 e. The lowest BCUT2D eigenvalue weighted by Crippen LogP contribution is -2.32. The quantitative estimate of drug-likeness (QED) is 0.683. The van der Waals surface area contributed by atoms with Gasteiger partial charge in [-0.15, -0.1) is 0 Å². The van der Waals surface area contributed by atoms with Crippen molar-refractivity contribution in [1.29, 1.82) is 0 Å². The first-order valence-electron chi connectivity index (χ1n) is 10.1. The Morgan fingerprint density at radius 2 is 1.97 bits per heavy atom. The number of hydrogen-bond donors (Lipinski definition) is 1. The van der Waals surface area contributed by atoms with Crippen LogP contribution in [0.3, 0.4) is 0 Å². The second kappa shape index (κ2) is 7.12. The summed E-state index contributed by atoms with van der Waals surface area (Å²) in [5, 5.41) is 0.868. The fourth-order valence-electron chi connectivity index (χ4n) is 4.98. The van der Waals surface area contributed by atoms with Gasteiger partial charge in [0.2, 0.25) is 5.88 Å². The highest BCUT2D eigenvalue weighted by Crippen LogP contribution is 2.44. The molecule has 0 saturated heterocycles. The number of para-hydroxylation sites is 1. The molecule has 1 fully saturated rings. The molecule has 1 aliphatic heterocycles. The van der Waals surface area contributed by atoms with Gasteiger partial charge in [0.15, 0.2) is 0 Å². The number of carbonyl (C=O) groups excluding carboxylic acids is 1. The standard InChI is InChI=1S/C23H24N4O2/c1-29-23-16(10-5-11-25-23)15-8-4-9-17-21(24)20-18(26-22(15)17)12-27(19(20)13-28)14-6-2-3-7-14/h4-5,8-11,13-14,19H,2-3,6-7,12H2,1H3,(H2,24,26). The molecule has 6 nitrogen and oxygen atoms in total. The zero-order valence-electron chi connectivity index (χ0n) is 16.5. The summed E-state index contributed by atoms with van der Waals surface area (Å²) in [7, 11) is 1.62. The highest BCUT2D eigenvalue weighted by molar-refractivity contribution is 6.02. The van der Waals surface area contributed by atoms with Crippen LogP contribution in [0.1, 0.15) is 43.0 Å². The van der Waals surface area contributed by atoms with Crippen LogP contribution >= 0.6 is 0 Å². The number of nitrogens with zero attached hydrogens (tertiary/aromatic N) is 3. The van der Waals surface area contributed by atoms with E-state index in [1.165, 1.54) is 12.8 Å². The molecular formula is C23H24N4O2. The van der Waals surface area contributed by atoms with Gasteiger partial charge in [-0.25, -0.2) is 4.98 Å². The molecule has 148 valence electrons. The van der Waals surface area contributed by atoms with Crippen molar-refractivity contribution in [2.24, 2.45) is 0 Å². The third-order valence-electron chi connectivity index (χ3n) is 6.34. The van der Waals surface area contributed by atoms with Crippen LogP contribution in [0.2, 0.25) is 0 Å². The molecule has 1 saturated carbocycles. The number of nitrogen functional groups attached to an aromatic ring is 1. The molecule has 2 aromatic heterocycles. The van der Waals surface area contributed by atoms with Gasteiger partial charge in [-0.05, 0) is 25.0 Å². The van der Waals surface area contributed by atoms with Gasteiger partial charge in [0.1, 0.15) is 6.29 Å². The Balaban J connectivity index is 1.70. The number of nitrogens with two attached hydrogens (primary N) is 1. The lowest BCUT2D eigenvalue weighted by atomic mass is 9.98. The van der Waals surface area contributed by atoms with Crippen molar-refractivity contribution in [3.63, 3.8) is 0 Å². The minimum atomic E-state index is -0.304. The lowest BCUT2D eigenvalue weighted by molar-refractivity contribution is -0.113. The highest BCUT2D eigenvalue weighted by atomic mass is 16.5. The molecule has 1 unspecified atom stereocenters. The van der Waals surface area contributed by atoms with Crippen molar-refractivity contribution < 1.29 is 9.53 Å². The van der Waals surface area contributed by atoms with Gasteiger partial charge in [-0.2, -0.15) is 0 Å². The smallest absolute Gasteiger partial charge is 0.221 e. The van der Waals surface area contributed by atoms with Crippen molar-refractivity contribution in [3.8, 4) is 17.0 Å². The Hall–Kier alpha value is -2.99. The van der Waals surface area contributed by atoms with Crippen LogP contribution in [0.25, 0.3) is 22.0 Å². The zero-order valence-corrected chi connectivity index (χ0v) is 16.5. The van der Waals surface area contributed by atoms with Gasteiger partial charge in [-0.1, -0.05) is 31.0 Å². The molecule has 1 atom stereocenters. The van der Waals surface area contributed by atoms with Gasteiger partial charge in [-0.3, -0.25) is 9.88 Å². The SMILES string of the molecule is COc1ncccc1-c1cccc2c(N)c3c(nc12)CN(C1CCCC1)C3C=O. The summed E-state index contributed by atoms with van der Waals surface area (Å²) >= 11 is 0. The number of benzene rings is 1. The Morgan fingerprint density at radius 1 is 1.17 bits per heavy atom. The summed E-state index contributed by atoms with van der Waals surface area (Å²) in [4.78, 5) is 23.7. The van der Waals surface area contributed by atoms with Crippen LogP contribution in [-0.4, -0.2) is 34.3 Å². The molecule has 6 heteroatoms. The minimum absolute atomic E-state index is 0.304. The average Bonchev–Trinajstić information content (AvgIpc) is 3.41. The van der Waals surface area contributed by atoms with E-state index in [1.54, 1.807) is 13.3 Å². The number of methoxy groups -OCH3 is 1. The summed E-state index contributed by atoms with van der Waals surface area (Å²) in [6.45, 7) is 0.669. The molecule has 0 bridgehead atoms. The van der Waals surface area contributed by atoms with Crippen LogP contribution in [0.5, 0.6) is 5.88 Å². The number of aromatic nitrogens is 2. The average molecular weight is 388 g/mol. The summed E-state index contributed by atoms with van der Waals surface area (Å²) in [5.74, 6) is 0.555. The van der Waals surface area contributed by atoms with Crippen LogP contribution in [0, 0.1) is 0 Å². The van der Waals surface area contributed by atoms with E-state index in [1.807, 2.05) is 30.3 Å². The molecule has 0 amide bonds. The Bertz CT molecular complexity index is 1090. The van der Waals surface area contributed by atoms with Gasteiger partial charge in [0.05, 0.1) is 24.4 Å². The first-order chi connectivity index (χ1) is 14.2. The number of pyridine rings is 2. The second-order valence-corrected chi connectivity index (χ2v) is 7.84. The minimum Gasteiger partial charge on any atom is -0.481 e. The third-order valence-corrected chi connectivity index (χ3v) is 6.34. The van der Waals surface area contributed by atoms with Crippen LogP contribution in [-0.2, 0) is 11.3 Å². The van der Waals surface area contributed by atoms with Crippen molar-refractivity contribution in [2.45, 2.75) is 44.3 Å². The van der Waals surface area contributed by atoms with Crippen LogP contribution < -0.4 is 10.5 Å². The van der Waals surface area contributed by atoms with E-state index < -0.39 is 0 Å². The Morgan fingerprint density at radius 3 is 2.72 bits per heavy atom. The number of fused-ring (bicyclic) bond motifs is 2. The van der Waals surface area contributed by atoms with Gasteiger partial charge in [0.25, 0.3) is 0 Å². The van der Waals surface area contributed by atoms with Crippen molar-refractivity contribution in [2.75, 3.05) is 12.8 Å². The Kier molecular flexibility index (Phi) is 4.43. The number of rotatable bonds is 4. The highest BCUT2D eigenvalue weighted by Gasteiger charge is 2.38. The molecule has 2 aliphatic rings. The van der Waals surface area contributed by atoms with Crippen molar-refractivity contribution in [1.82, 2.24) is 14.9 Å². The van der Waals surface area contributed by atoms with E-state index in [4.69, 9.17) is 15.5 Å². The molecule has 1 aliphatic carbocycles. The number of carbonyl (C=O) groups is 1. The number of anilines is 1. The number of aldehydes is 1.